The van der Waals surface area contributed by atoms with Crippen LogP contribution in [0.15, 0.2) is 17.3 Å². The lowest BCUT2D eigenvalue weighted by atomic mass is 9.66. The maximum Gasteiger partial charge on any atom is 0.115 e. The first-order valence-electron chi connectivity index (χ1n) is 5.30. The lowest BCUT2D eigenvalue weighted by Gasteiger charge is -2.42. The second kappa shape index (κ2) is 3.81. The third kappa shape index (κ3) is 1.87. The molecule has 3 unspecified atom stereocenters. The van der Waals surface area contributed by atoms with Gasteiger partial charge in [-0.05, 0) is 24.7 Å². The van der Waals surface area contributed by atoms with Gasteiger partial charge in [0.05, 0.1) is 0 Å². The fourth-order valence-electron chi connectivity index (χ4n) is 2.17. The van der Waals surface area contributed by atoms with Crippen molar-refractivity contribution in [2.45, 2.75) is 51.6 Å². The van der Waals surface area contributed by atoms with Crippen LogP contribution in [0.1, 0.15) is 40.0 Å². The number of nitrogens with two attached hydrogens (primary N) is 1. The molecular weight excluding hydrogens is 176 g/mol. The average Bonchev–Trinajstić information content (AvgIpc) is 2.18. The van der Waals surface area contributed by atoms with Gasteiger partial charge in [0.25, 0.3) is 0 Å². The summed E-state index contributed by atoms with van der Waals surface area (Å²) < 4.78 is 0. The summed E-state index contributed by atoms with van der Waals surface area (Å²) in [5.41, 5.74) is 5.88. The molecule has 0 aromatic carbocycles. The summed E-state index contributed by atoms with van der Waals surface area (Å²) in [5.74, 6) is 0. The van der Waals surface area contributed by atoms with Crippen LogP contribution in [0.2, 0.25) is 0 Å². The molecule has 14 heavy (non-hydrogen) atoms. The summed E-state index contributed by atoms with van der Waals surface area (Å²) in [6.07, 6.45) is 6.53. The molecule has 2 N–H and O–H groups in total. The second-order valence-electron chi connectivity index (χ2n) is 4.68. The summed E-state index contributed by atoms with van der Waals surface area (Å²) >= 11 is 0. The monoisotopic (exact) mass is 196 g/mol. The highest BCUT2D eigenvalue weighted by atomic mass is 16.3. The van der Waals surface area contributed by atoms with E-state index in [2.05, 4.69) is 25.9 Å². The standard InChI is InChI=1S/C11H20N2O/c1-4-10(3)8-11(12,5-2)7-6-9(10)13-14/h6-7,9H,4-5,8,12H2,1-3H3. The summed E-state index contributed by atoms with van der Waals surface area (Å²) in [4.78, 5) is 10.7. The van der Waals surface area contributed by atoms with Gasteiger partial charge in [-0.3, -0.25) is 0 Å². The van der Waals surface area contributed by atoms with Crippen LogP contribution >= 0.6 is 0 Å². The highest BCUT2D eigenvalue weighted by Gasteiger charge is 2.41. The van der Waals surface area contributed by atoms with Crippen molar-refractivity contribution in [3.05, 3.63) is 17.1 Å². The number of rotatable bonds is 3. The van der Waals surface area contributed by atoms with Crippen LogP contribution < -0.4 is 5.73 Å². The molecule has 0 aromatic rings. The average molecular weight is 196 g/mol. The number of nitrogens with zero attached hydrogens (tertiary/aromatic N) is 1. The quantitative estimate of drug-likeness (QED) is 0.557. The van der Waals surface area contributed by atoms with Crippen LogP contribution in [0, 0.1) is 10.3 Å². The van der Waals surface area contributed by atoms with Gasteiger partial charge in [-0.2, -0.15) is 4.91 Å². The van der Waals surface area contributed by atoms with Crippen molar-refractivity contribution in [1.82, 2.24) is 0 Å². The molecular formula is C11H20N2O. The number of hydrogen-bond donors (Lipinski definition) is 1. The molecule has 0 amide bonds. The van der Waals surface area contributed by atoms with E-state index in [4.69, 9.17) is 5.73 Å². The molecule has 0 radical (unpaired) electrons. The number of hydrogen-bond acceptors (Lipinski definition) is 3. The molecule has 0 spiro atoms. The van der Waals surface area contributed by atoms with Crippen LogP contribution in [-0.2, 0) is 0 Å². The Kier molecular flexibility index (Phi) is 3.10. The minimum absolute atomic E-state index is 0.0682. The van der Waals surface area contributed by atoms with Gasteiger partial charge in [-0.15, -0.1) is 0 Å². The first-order chi connectivity index (χ1) is 6.49. The van der Waals surface area contributed by atoms with Crippen molar-refractivity contribution in [3.63, 3.8) is 0 Å². The predicted molar refractivity (Wildman–Crippen MR) is 58.9 cm³/mol. The highest BCUT2D eigenvalue weighted by molar-refractivity contribution is 5.18. The van der Waals surface area contributed by atoms with E-state index in [0.29, 0.717) is 0 Å². The van der Waals surface area contributed by atoms with Gasteiger partial charge < -0.3 is 5.73 Å². The van der Waals surface area contributed by atoms with Gasteiger partial charge in [-0.25, -0.2) is 0 Å². The zero-order valence-corrected chi connectivity index (χ0v) is 9.29. The van der Waals surface area contributed by atoms with Crippen molar-refractivity contribution in [2.75, 3.05) is 0 Å². The molecule has 0 heterocycles. The van der Waals surface area contributed by atoms with E-state index in [9.17, 15) is 4.91 Å². The van der Waals surface area contributed by atoms with Gasteiger partial charge in [0, 0.05) is 5.54 Å². The van der Waals surface area contributed by atoms with Gasteiger partial charge in [-0.1, -0.05) is 38.1 Å². The molecule has 3 atom stereocenters. The molecule has 0 saturated carbocycles. The molecule has 1 aliphatic carbocycles. The Morgan fingerprint density at radius 2 is 2.14 bits per heavy atom. The first-order valence-corrected chi connectivity index (χ1v) is 5.30. The van der Waals surface area contributed by atoms with Gasteiger partial charge >= 0.3 is 0 Å². The zero-order chi connectivity index (χ0) is 10.8. The molecule has 80 valence electrons. The second-order valence-corrected chi connectivity index (χ2v) is 4.68. The van der Waals surface area contributed by atoms with Crippen molar-refractivity contribution >= 4 is 0 Å². The van der Waals surface area contributed by atoms with Crippen molar-refractivity contribution < 1.29 is 0 Å². The maximum absolute atomic E-state index is 10.7. The topological polar surface area (TPSA) is 55.4 Å². The van der Waals surface area contributed by atoms with Crippen LogP contribution in [-0.4, -0.2) is 11.6 Å². The first kappa shape index (κ1) is 11.4. The Morgan fingerprint density at radius 1 is 1.50 bits per heavy atom. The van der Waals surface area contributed by atoms with Crippen LogP contribution in [0.25, 0.3) is 0 Å². The molecule has 3 heteroatoms. The Morgan fingerprint density at radius 3 is 2.57 bits per heavy atom. The Hall–Kier alpha value is -0.700. The van der Waals surface area contributed by atoms with E-state index in [0.717, 1.165) is 19.3 Å². The third-order valence-electron chi connectivity index (χ3n) is 3.64. The van der Waals surface area contributed by atoms with Crippen molar-refractivity contribution in [1.29, 1.82) is 0 Å². The third-order valence-corrected chi connectivity index (χ3v) is 3.64. The summed E-state index contributed by atoms with van der Waals surface area (Å²) in [6.45, 7) is 6.27. The van der Waals surface area contributed by atoms with E-state index in [1.807, 2.05) is 12.2 Å². The van der Waals surface area contributed by atoms with Gasteiger partial charge in [0.1, 0.15) is 6.04 Å². The molecule has 0 aliphatic heterocycles. The molecule has 3 nitrogen and oxygen atoms in total. The fraction of sp³-hybridized carbons (Fsp3) is 0.818. The Balaban J connectivity index is 2.97. The minimum Gasteiger partial charge on any atom is -0.322 e. The Labute approximate surface area is 85.7 Å². The molecule has 0 aromatic heterocycles. The lowest BCUT2D eigenvalue weighted by Crippen LogP contribution is -2.48. The van der Waals surface area contributed by atoms with E-state index in [-0.39, 0.29) is 17.0 Å². The summed E-state index contributed by atoms with van der Waals surface area (Å²) in [7, 11) is 0. The van der Waals surface area contributed by atoms with Gasteiger partial charge in [0.15, 0.2) is 0 Å². The van der Waals surface area contributed by atoms with E-state index < -0.39 is 0 Å². The van der Waals surface area contributed by atoms with E-state index in [1.165, 1.54) is 0 Å². The molecule has 0 fully saturated rings. The molecule has 1 rings (SSSR count). The smallest absolute Gasteiger partial charge is 0.115 e. The van der Waals surface area contributed by atoms with Crippen LogP contribution in [0.4, 0.5) is 0 Å². The van der Waals surface area contributed by atoms with E-state index in [1.54, 1.807) is 0 Å². The van der Waals surface area contributed by atoms with Crippen LogP contribution in [0.5, 0.6) is 0 Å². The van der Waals surface area contributed by atoms with Crippen molar-refractivity contribution in [2.24, 2.45) is 16.3 Å². The van der Waals surface area contributed by atoms with Crippen LogP contribution in [0.3, 0.4) is 0 Å². The van der Waals surface area contributed by atoms with E-state index >= 15 is 0 Å². The highest BCUT2D eigenvalue weighted by Crippen LogP contribution is 2.41. The molecule has 0 bridgehead atoms. The summed E-state index contributed by atoms with van der Waals surface area (Å²) in [5, 5.41) is 3.18. The van der Waals surface area contributed by atoms with Crippen molar-refractivity contribution in [3.8, 4) is 0 Å². The SMILES string of the molecule is CCC1(N)C=CC(N=O)C(C)(CC)C1. The summed E-state index contributed by atoms with van der Waals surface area (Å²) in [6, 6.07) is -0.212. The number of nitroso groups, excluding NO2 is 1. The maximum atomic E-state index is 10.7. The normalized spacial score (nSPS) is 42.4. The fourth-order valence-corrected chi connectivity index (χ4v) is 2.17. The molecule has 0 saturated heterocycles. The van der Waals surface area contributed by atoms with Gasteiger partial charge in [0.2, 0.25) is 0 Å². The predicted octanol–water partition coefficient (Wildman–Crippen LogP) is 2.61. The largest absolute Gasteiger partial charge is 0.322 e. The molecule has 1 aliphatic rings. The minimum atomic E-state index is -0.244. The Bertz CT molecular complexity index is 252. The lowest BCUT2D eigenvalue weighted by molar-refractivity contribution is 0.188. The zero-order valence-electron chi connectivity index (χ0n) is 9.29.